The molecule has 2 aromatic rings. The number of nitro benzene ring substituents is 1. The van der Waals surface area contributed by atoms with Crippen molar-refractivity contribution in [2.24, 2.45) is 0 Å². The van der Waals surface area contributed by atoms with Crippen LogP contribution in [0.5, 0.6) is 0 Å². The summed E-state index contributed by atoms with van der Waals surface area (Å²) < 4.78 is 26.8. The summed E-state index contributed by atoms with van der Waals surface area (Å²) in [6.45, 7) is 1.44. The minimum absolute atomic E-state index is 0.0187. The Kier molecular flexibility index (Phi) is 3.60. The summed E-state index contributed by atoms with van der Waals surface area (Å²) in [5.74, 6) is -0.143. The number of hydrogen-bond acceptors (Lipinski definition) is 6. The first-order valence-corrected chi connectivity index (χ1v) is 7.05. The van der Waals surface area contributed by atoms with Gasteiger partial charge in [0.05, 0.1) is 11.1 Å². The number of benzene rings is 1. The molecule has 0 fully saturated rings. The zero-order valence-electron chi connectivity index (χ0n) is 10.7. The van der Waals surface area contributed by atoms with Crippen LogP contribution in [0.1, 0.15) is 11.1 Å². The Morgan fingerprint density at radius 1 is 1.48 bits per heavy atom. The summed E-state index contributed by atoms with van der Waals surface area (Å²) in [5, 5.41) is 25.7. The molecule has 2 rings (SSSR count). The smallest absolute Gasteiger partial charge is 0.262 e. The minimum atomic E-state index is -4.24. The molecule has 0 radical (unpaired) electrons. The van der Waals surface area contributed by atoms with Crippen molar-refractivity contribution in [2.45, 2.75) is 11.8 Å². The van der Waals surface area contributed by atoms with Crippen LogP contribution in [0.4, 0.5) is 11.5 Å². The molecule has 108 valence electrons. The Labute approximate surface area is 119 Å². The van der Waals surface area contributed by atoms with Gasteiger partial charge in [0.2, 0.25) is 0 Å². The highest BCUT2D eigenvalue weighted by Gasteiger charge is 2.28. The summed E-state index contributed by atoms with van der Waals surface area (Å²) >= 11 is 0. The molecule has 0 aliphatic rings. The van der Waals surface area contributed by atoms with Gasteiger partial charge in [-0.25, -0.2) is 8.42 Å². The predicted molar refractivity (Wildman–Crippen MR) is 71.9 cm³/mol. The number of H-pyrrole nitrogens is 1. The monoisotopic (exact) mass is 307 g/mol. The molecule has 10 heteroatoms. The van der Waals surface area contributed by atoms with Crippen molar-refractivity contribution < 1.29 is 13.3 Å². The fraction of sp³-hybridized carbons (Fsp3) is 0.0909. The maximum atomic E-state index is 12.3. The third-order valence-electron chi connectivity index (χ3n) is 2.65. The number of aromatic nitrogens is 2. The molecule has 0 bridgehead atoms. The first-order valence-electron chi connectivity index (χ1n) is 5.57. The number of rotatable bonds is 4. The summed E-state index contributed by atoms with van der Waals surface area (Å²) in [4.78, 5) is 9.76. The van der Waals surface area contributed by atoms with Crippen molar-refractivity contribution in [1.82, 2.24) is 10.2 Å². The maximum absolute atomic E-state index is 12.3. The largest absolute Gasteiger partial charge is 0.290 e. The topological polar surface area (TPSA) is 142 Å². The van der Waals surface area contributed by atoms with E-state index in [9.17, 15) is 18.5 Å². The summed E-state index contributed by atoms with van der Waals surface area (Å²) in [6.07, 6.45) is 1.14. The molecule has 0 aliphatic heterocycles. The van der Waals surface area contributed by atoms with Crippen LogP contribution < -0.4 is 4.72 Å². The molecule has 1 heterocycles. The molecular formula is C11H9N5O4S. The van der Waals surface area contributed by atoms with Crippen molar-refractivity contribution >= 4 is 21.5 Å². The lowest BCUT2D eigenvalue weighted by Crippen LogP contribution is -2.17. The van der Waals surface area contributed by atoms with E-state index in [1.165, 1.54) is 19.1 Å². The molecule has 1 aromatic carbocycles. The van der Waals surface area contributed by atoms with Gasteiger partial charge in [-0.15, -0.1) is 0 Å². The van der Waals surface area contributed by atoms with Crippen LogP contribution in [0.3, 0.4) is 0 Å². The van der Waals surface area contributed by atoms with Crippen LogP contribution in [0, 0.1) is 28.4 Å². The number of anilines is 1. The number of sulfonamides is 1. The lowest BCUT2D eigenvalue weighted by molar-refractivity contribution is -0.387. The molecule has 0 saturated carbocycles. The van der Waals surface area contributed by atoms with Crippen molar-refractivity contribution in [3.63, 3.8) is 0 Å². The fourth-order valence-corrected chi connectivity index (χ4v) is 3.20. The molecule has 0 saturated heterocycles. The van der Waals surface area contributed by atoms with E-state index in [0.717, 1.165) is 12.3 Å². The van der Waals surface area contributed by atoms with Crippen LogP contribution in [-0.4, -0.2) is 23.5 Å². The molecule has 0 unspecified atom stereocenters. The van der Waals surface area contributed by atoms with E-state index in [4.69, 9.17) is 5.26 Å². The van der Waals surface area contributed by atoms with Crippen molar-refractivity contribution in [2.75, 3.05) is 4.72 Å². The average molecular weight is 307 g/mol. The molecule has 2 N–H and O–H groups in total. The van der Waals surface area contributed by atoms with E-state index in [1.807, 2.05) is 0 Å². The standard InChI is InChI=1S/C11H9N5O4S/c1-7-3-2-4-9(16(17)18)10(7)21(19,20)15-11-8(5-12)6-13-14-11/h2-4,6H,1H3,(H2,13,14,15). The van der Waals surface area contributed by atoms with Crippen LogP contribution in [0.15, 0.2) is 29.3 Å². The summed E-state index contributed by atoms with van der Waals surface area (Å²) in [6, 6.07) is 5.68. The number of nitrogens with one attached hydrogen (secondary N) is 2. The third kappa shape index (κ3) is 2.67. The van der Waals surface area contributed by atoms with Gasteiger partial charge in [-0.05, 0) is 12.5 Å². The quantitative estimate of drug-likeness (QED) is 0.644. The van der Waals surface area contributed by atoms with E-state index in [2.05, 4.69) is 14.9 Å². The van der Waals surface area contributed by atoms with E-state index in [0.29, 0.717) is 0 Å². The lowest BCUT2D eigenvalue weighted by Gasteiger charge is -2.09. The number of nitrogens with zero attached hydrogens (tertiary/aromatic N) is 3. The highest BCUT2D eigenvalue weighted by atomic mass is 32.2. The maximum Gasteiger partial charge on any atom is 0.290 e. The lowest BCUT2D eigenvalue weighted by atomic mass is 10.2. The highest BCUT2D eigenvalue weighted by molar-refractivity contribution is 7.93. The second-order valence-electron chi connectivity index (χ2n) is 4.06. The number of nitro groups is 1. The van der Waals surface area contributed by atoms with Gasteiger partial charge in [-0.2, -0.15) is 10.4 Å². The summed E-state index contributed by atoms with van der Waals surface area (Å²) in [7, 11) is -4.24. The number of nitriles is 1. The van der Waals surface area contributed by atoms with Gasteiger partial charge < -0.3 is 0 Å². The molecular weight excluding hydrogens is 298 g/mol. The van der Waals surface area contributed by atoms with Crippen LogP contribution in [0.2, 0.25) is 0 Å². The molecule has 21 heavy (non-hydrogen) atoms. The molecule has 1 aromatic heterocycles. The van der Waals surface area contributed by atoms with Crippen LogP contribution in [0.25, 0.3) is 0 Å². The normalized spacial score (nSPS) is 10.9. The Balaban J connectivity index is 2.56. The van der Waals surface area contributed by atoms with Gasteiger partial charge in [0.15, 0.2) is 10.7 Å². The summed E-state index contributed by atoms with van der Waals surface area (Å²) in [5.41, 5.74) is -0.343. The second kappa shape index (κ2) is 5.22. The first-order chi connectivity index (χ1) is 9.86. The van der Waals surface area contributed by atoms with Gasteiger partial charge in [-0.3, -0.25) is 19.9 Å². The first kappa shape index (κ1) is 14.5. The molecule has 0 atom stereocenters. The van der Waals surface area contributed by atoms with Gasteiger partial charge in [0, 0.05) is 6.07 Å². The van der Waals surface area contributed by atoms with Gasteiger partial charge >= 0.3 is 0 Å². The Hall–Kier alpha value is -2.93. The minimum Gasteiger partial charge on any atom is -0.262 e. The van der Waals surface area contributed by atoms with E-state index in [-0.39, 0.29) is 16.9 Å². The zero-order valence-corrected chi connectivity index (χ0v) is 11.5. The predicted octanol–water partition coefficient (Wildman–Crippen LogP) is 1.30. The van der Waals surface area contributed by atoms with Crippen LogP contribution in [-0.2, 0) is 10.0 Å². The van der Waals surface area contributed by atoms with Gasteiger partial charge in [0.1, 0.15) is 11.6 Å². The van der Waals surface area contributed by atoms with Crippen molar-refractivity contribution in [3.8, 4) is 6.07 Å². The fourth-order valence-electron chi connectivity index (χ4n) is 1.76. The molecule has 0 amide bonds. The van der Waals surface area contributed by atoms with Crippen LogP contribution >= 0.6 is 0 Å². The SMILES string of the molecule is Cc1cccc([N+](=O)[O-])c1S(=O)(=O)Nc1[nH]ncc1C#N. The highest BCUT2D eigenvalue weighted by Crippen LogP contribution is 2.28. The Morgan fingerprint density at radius 3 is 2.81 bits per heavy atom. The van der Waals surface area contributed by atoms with Gasteiger partial charge in [0.25, 0.3) is 15.7 Å². The third-order valence-corrected chi connectivity index (χ3v) is 4.19. The zero-order chi connectivity index (χ0) is 15.6. The second-order valence-corrected chi connectivity index (χ2v) is 5.68. The number of aryl methyl sites for hydroxylation is 1. The number of hydrogen-bond donors (Lipinski definition) is 2. The van der Waals surface area contributed by atoms with Crippen molar-refractivity contribution in [3.05, 3.63) is 45.6 Å². The van der Waals surface area contributed by atoms with E-state index in [1.54, 1.807) is 6.07 Å². The van der Waals surface area contributed by atoms with Gasteiger partial charge in [-0.1, -0.05) is 12.1 Å². The molecule has 0 spiro atoms. The van der Waals surface area contributed by atoms with Crippen molar-refractivity contribution in [1.29, 1.82) is 5.26 Å². The molecule has 0 aliphatic carbocycles. The van der Waals surface area contributed by atoms with E-state index >= 15 is 0 Å². The molecule has 9 nitrogen and oxygen atoms in total. The average Bonchev–Trinajstić information content (AvgIpc) is 2.84. The Bertz CT molecular complexity index is 850. The Morgan fingerprint density at radius 2 is 2.19 bits per heavy atom. The number of aromatic amines is 1. The van der Waals surface area contributed by atoms with E-state index < -0.39 is 25.5 Å².